The zero-order chi connectivity index (χ0) is 17.9. The molecule has 2 rings (SSSR count). The van der Waals surface area contributed by atoms with Gasteiger partial charge in [-0.15, -0.1) is 0 Å². The number of rotatable bonds is 5. The van der Waals surface area contributed by atoms with Crippen molar-refractivity contribution in [1.29, 1.82) is 0 Å². The van der Waals surface area contributed by atoms with Gasteiger partial charge in [0.2, 0.25) is 0 Å². The Bertz CT molecular complexity index is 692. The van der Waals surface area contributed by atoms with E-state index in [0.717, 1.165) is 0 Å². The monoisotopic (exact) mass is 339 g/mol. The molecule has 1 unspecified atom stereocenters. The Kier molecular flexibility index (Phi) is 6.35. The number of aliphatic imine (C=N–C) groups is 1. The van der Waals surface area contributed by atoms with Gasteiger partial charge in [-0.2, -0.15) is 0 Å². The molecule has 1 atom stereocenters. The number of nitrogens with zero attached hydrogens (tertiary/aromatic N) is 1. The van der Waals surface area contributed by atoms with Gasteiger partial charge in [0.1, 0.15) is 0 Å². The van der Waals surface area contributed by atoms with Gasteiger partial charge in [0.15, 0.2) is 0 Å². The maximum absolute atomic E-state index is 4.94. The maximum Gasteiger partial charge on any atom is 0.0699 e. The molecule has 2 heteroatoms. The largest absolute Gasteiger partial charge is 0.256 e. The summed E-state index contributed by atoms with van der Waals surface area (Å²) in [5.74, 6) is 3.10. The van der Waals surface area contributed by atoms with Crippen molar-refractivity contribution < 1.29 is 0 Å². The summed E-state index contributed by atoms with van der Waals surface area (Å²) >= 11 is 0. The molecule has 0 saturated carbocycles. The summed E-state index contributed by atoms with van der Waals surface area (Å²) < 4.78 is 0. The minimum absolute atomic E-state index is 0.488. The van der Waals surface area contributed by atoms with Crippen LogP contribution in [0.1, 0.15) is 67.3 Å². The first-order valence-electron chi connectivity index (χ1n) is 8.81. The summed E-state index contributed by atoms with van der Waals surface area (Å²) in [4.78, 5) is 4.94. The predicted octanol–water partition coefficient (Wildman–Crippen LogP) is 6.52. The lowest BCUT2D eigenvalue weighted by Crippen LogP contribution is -2.05. The molecule has 2 aromatic rings. The molecule has 0 N–H and O–H groups in total. The highest BCUT2D eigenvalue weighted by molar-refractivity contribution is 7.63. The van der Waals surface area contributed by atoms with E-state index in [0.29, 0.717) is 20.4 Å². The maximum atomic E-state index is 4.94. The third kappa shape index (κ3) is 4.33. The average Bonchev–Trinajstić information content (AvgIpc) is 2.49. The molecule has 0 aliphatic heterocycles. The van der Waals surface area contributed by atoms with E-state index in [4.69, 9.17) is 4.99 Å². The van der Waals surface area contributed by atoms with E-state index < -0.39 is 0 Å². The summed E-state index contributed by atoms with van der Waals surface area (Å²) in [6.45, 7) is 15.6. The Morgan fingerprint density at radius 1 is 0.875 bits per heavy atom. The fourth-order valence-corrected chi connectivity index (χ4v) is 4.15. The van der Waals surface area contributed by atoms with Crippen molar-refractivity contribution in [2.45, 2.75) is 60.3 Å². The zero-order valence-corrected chi connectivity index (χ0v) is 17.1. The van der Waals surface area contributed by atoms with Crippen LogP contribution in [-0.4, -0.2) is 5.96 Å². The van der Waals surface area contributed by atoms with Crippen LogP contribution in [0.2, 0.25) is 0 Å². The van der Waals surface area contributed by atoms with Crippen LogP contribution in [-0.2, 0) is 0 Å². The second-order valence-electron chi connectivity index (χ2n) is 7.27. The fourth-order valence-electron chi connectivity index (χ4n) is 3.23. The van der Waals surface area contributed by atoms with Crippen LogP contribution >= 0.6 is 8.58 Å². The third-order valence-electron chi connectivity index (χ3n) is 4.42. The lowest BCUT2D eigenvalue weighted by molar-refractivity contribution is 0.835. The minimum Gasteiger partial charge on any atom is -0.256 e. The van der Waals surface area contributed by atoms with Gasteiger partial charge in [0.25, 0.3) is 0 Å². The molecular formula is C22H30NP. The molecule has 24 heavy (non-hydrogen) atoms. The van der Waals surface area contributed by atoms with Crippen molar-refractivity contribution in [1.82, 2.24) is 0 Å². The van der Waals surface area contributed by atoms with E-state index in [1.807, 2.05) is 0 Å². The fraction of sp³-hybridized carbons (Fsp3) is 0.409. The van der Waals surface area contributed by atoms with Crippen molar-refractivity contribution in [3.63, 3.8) is 0 Å². The minimum atomic E-state index is 0.488. The lowest BCUT2D eigenvalue weighted by atomic mass is 9.93. The number of hydrogen-bond acceptors (Lipinski definition) is 1. The van der Waals surface area contributed by atoms with Crippen LogP contribution < -0.4 is 5.30 Å². The normalized spacial score (nSPS) is 12.4. The predicted molar refractivity (Wildman–Crippen MR) is 111 cm³/mol. The van der Waals surface area contributed by atoms with Crippen LogP contribution in [0.5, 0.6) is 0 Å². The smallest absolute Gasteiger partial charge is 0.0699 e. The second kappa shape index (κ2) is 8.08. The van der Waals surface area contributed by atoms with E-state index in [1.54, 1.807) is 0 Å². The van der Waals surface area contributed by atoms with E-state index in [2.05, 4.69) is 84.8 Å². The van der Waals surface area contributed by atoms with Gasteiger partial charge in [0.05, 0.1) is 5.69 Å². The standard InChI is InChI=1S/C22H30NP/c1-14(2)19-9-8-10-20(15(3)4)21(19)23-13-24-22-17(6)11-16(5)12-18(22)7/h8-15,24H,1-7H3. The van der Waals surface area contributed by atoms with Gasteiger partial charge in [-0.1, -0.05) is 63.6 Å². The van der Waals surface area contributed by atoms with Crippen LogP contribution in [0.25, 0.3) is 0 Å². The number of aryl methyl sites for hydroxylation is 3. The van der Waals surface area contributed by atoms with E-state index in [1.165, 1.54) is 38.8 Å². The molecule has 0 aliphatic rings. The molecule has 1 nitrogen and oxygen atoms in total. The van der Waals surface area contributed by atoms with E-state index in [-0.39, 0.29) is 0 Å². The van der Waals surface area contributed by atoms with E-state index >= 15 is 0 Å². The zero-order valence-electron chi connectivity index (χ0n) is 16.1. The topological polar surface area (TPSA) is 12.4 Å². The van der Waals surface area contributed by atoms with Crippen LogP contribution in [0, 0.1) is 20.8 Å². The molecule has 0 radical (unpaired) electrons. The Labute approximate surface area is 149 Å². The van der Waals surface area contributed by atoms with Gasteiger partial charge in [-0.05, 0) is 68.7 Å². The SMILES string of the molecule is Cc1cc(C)c(PC=Nc2c(C(C)C)cccc2C(C)C)c(C)c1. The van der Waals surface area contributed by atoms with Crippen molar-refractivity contribution >= 4 is 25.5 Å². The van der Waals surface area contributed by atoms with Crippen LogP contribution in [0.3, 0.4) is 0 Å². The highest BCUT2D eigenvalue weighted by atomic mass is 31.1. The Morgan fingerprint density at radius 2 is 1.38 bits per heavy atom. The molecule has 0 bridgehead atoms. The summed E-state index contributed by atoms with van der Waals surface area (Å²) in [6, 6.07) is 11.1. The molecule has 0 aromatic heterocycles. The highest BCUT2D eigenvalue weighted by Gasteiger charge is 2.12. The first-order valence-corrected chi connectivity index (χ1v) is 9.88. The van der Waals surface area contributed by atoms with Gasteiger partial charge >= 0.3 is 0 Å². The number of hydrogen-bond donors (Lipinski definition) is 0. The third-order valence-corrected chi connectivity index (χ3v) is 5.76. The van der Waals surface area contributed by atoms with Crippen molar-refractivity contribution in [2.75, 3.05) is 0 Å². The van der Waals surface area contributed by atoms with Gasteiger partial charge in [-0.3, -0.25) is 4.99 Å². The molecular weight excluding hydrogens is 309 g/mol. The molecule has 2 aromatic carbocycles. The quantitative estimate of drug-likeness (QED) is 0.434. The summed E-state index contributed by atoms with van der Waals surface area (Å²) in [7, 11) is 0.612. The Hall–Kier alpha value is -1.46. The highest BCUT2D eigenvalue weighted by Crippen LogP contribution is 2.35. The number of benzene rings is 2. The molecule has 128 valence electrons. The number of para-hydroxylation sites is 1. The van der Waals surface area contributed by atoms with Crippen molar-refractivity contribution in [3.8, 4) is 0 Å². The molecule has 0 spiro atoms. The second-order valence-corrected chi connectivity index (χ2v) is 8.32. The van der Waals surface area contributed by atoms with E-state index in [9.17, 15) is 0 Å². The van der Waals surface area contributed by atoms with Crippen LogP contribution in [0.15, 0.2) is 35.3 Å². The van der Waals surface area contributed by atoms with Crippen LogP contribution in [0.4, 0.5) is 5.69 Å². The van der Waals surface area contributed by atoms with Crippen molar-refractivity contribution in [2.24, 2.45) is 4.99 Å². The average molecular weight is 339 g/mol. The van der Waals surface area contributed by atoms with Gasteiger partial charge < -0.3 is 0 Å². The summed E-state index contributed by atoms with van der Waals surface area (Å²) in [5, 5.41) is 1.43. The van der Waals surface area contributed by atoms with Gasteiger partial charge in [0, 0.05) is 5.96 Å². The van der Waals surface area contributed by atoms with Crippen molar-refractivity contribution in [3.05, 3.63) is 58.1 Å². The summed E-state index contributed by atoms with van der Waals surface area (Å²) in [6.07, 6.45) is 0. The Balaban J connectivity index is 2.36. The Morgan fingerprint density at radius 3 is 1.83 bits per heavy atom. The lowest BCUT2D eigenvalue weighted by Gasteiger charge is -2.16. The first kappa shape index (κ1) is 18.9. The van der Waals surface area contributed by atoms with Gasteiger partial charge in [-0.25, -0.2) is 0 Å². The molecule has 0 saturated heterocycles. The molecule has 0 heterocycles. The molecule has 0 amide bonds. The first-order chi connectivity index (χ1) is 11.3. The molecule has 0 aliphatic carbocycles. The molecule has 0 fully saturated rings. The summed E-state index contributed by atoms with van der Waals surface area (Å²) in [5.41, 5.74) is 7.95.